The van der Waals surface area contributed by atoms with E-state index in [-0.39, 0.29) is 5.82 Å². The lowest BCUT2D eigenvalue weighted by molar-refractivity contribution is 0.625. The van der Waals surface area contributed by atoms with Crippen LogP contribution in [-0.4, -0.2) is 11.5 Å². The molecule has 0 bridgehead atoms. The van der Waals surface area contributed by atoms with Gasteiger partial charge in [-0.2, -0.15) is 0 Å². The number of anilines is 1. The van der Waals surface area contributed by atoms with Gasteiger partial charge in [-0.1, -0.05) is 12.1 Å². The van der Waals surface area contributed by atoms with Crippen molar-refractivity contribution in [3.05, 3.63) is 57.9 Å². The fourth-order valence-electron chi connectivity index (χ4n) is 1.77. The van der Waals surface area contributed by atoms with E-state index in [1.807, 2.05) is 31.2 Å². The molecule has 1 aromatic carbocycles. The second-order valence-electron chi connectivity index (χ2n) is 4.09. The molecule has 0 radical (unpaired) electrons. The van der Waals surface area contributed by atoms with Crippen LogP contribution < -0.4 is 5.32 Å². The van der Waals surface area contributed by atoms with E-state index in [2.05, 4.69) is 26.2 Å². The second-order valence-corrected chi connectivity index (χ2v) is 4.91. The molecule has 0 spiro atoms. The van der Waals surface area contributed by atoms with Gasteiger partial charge in [-0.3, -0.25) is 0 Å². The van der Waals surface area contributed by atoms with Crippen LogP contribution in [0.3, 0.4) is 0 Å². The Morgan fingerprint density at radius 1 is 1.28 bits per heavy atom. The van der Waals surface area contributed by atoms with Crippen molar-refractivity contribution in [1.82, 2.24) is 4.98 Å². The molecule has 4 heteroatoms. The molecule has 94 valence electrons. The van der Waals surface area contributed by atoms with Crippen LogP contribution >= 0.6 is 15.9 Å². The number of benzene rings is 1. The summed E-state index contributed by atoms with van der Waals surface area (Å²) in [7, 11) is 0. The maximum Gasteiger partial charge on any atom is 0.127 e. The van der Waals surface area contributed by atoms with Crippen molar-refractivity contribution < 1.29 is 4.39 Å². The Labute approximate surface area is 114 Å². The van der Waals surface area contributed by atoms with Crippen LogP contribution in [0.5, 0.6) is 0 Å². The number of aromatic nitrogens is 1. The molecule has 18 heavy (non-hydrogen) atoms. The van der Waals surface area contributed by atoms with Gasteiger partial charge in [-0.25, -0.2) is 9.37 Å². The lowest BCUT2D eigenvalue weighted by Crippen LogP contribution is -2.07. The first-order chi connectivity index (χ1) is 8.65. The second kappa shape index (κ2) is 5.96. The maximum absolute atomic E-state index is 12.9. The van der Waals surface area contributed by atoms with Crippen LogP contribution in [0.4, 0.5) is 10.2 Å². The molecule has 0 fully saturated rings. The minimum atomic E-state index is -0.183. The molecule has 0 saturated heterocycles. The van der Waals surface area contributed by atoms with Crippen LogP contribution in [0.15, 0.2) is 41.0 Å². The predicted octanol–water partition coefficient (Wildman–Crippen LogP) is 3.95. The van der Waals surface area contributed by atoms with Crippen LogP contribution in [0.25, 0.3) is 0 Å². The van der Waals surface area contributed by atoms with Crippen molar-refractivity contribution in [3.63, 3.8) is 0 Å². The Morgan fingerprint density at radius 3 is 2.83 bits per heavy atom. The lowest BCUT2D eigenvalue weighted by atomic mass is 10.1. The van der Waals surface area contributed by atoms with Crippen molar-refractivity contribution in [2.45, 2.75) is 13.3 Å². The Kier molecular flexibility index (Phi) is 4.31. The number of aryl methyl sites for hydroxylation is 1. The van der Waals surface area contributed by atoms with E-state index < -0.39 is 0 Å². The summed E-state index contributed by atoms with van der Waals surface area (Å²) >= 11 is 3.33. The molecule has 0 aliphatic heterocycles. The van der Waals surface area contributed by atoms with Gasteiger partial charge in [-0.15, -0.1) is 0 Å². The molecule has 0 amide bonds. The maximum atomic E-state index is 12.9. The van der Waals surface area contributed by atoms with Crippen molar-refractivity contribution in [2.24, 2.45) is 0 Å². The molecule has 1 heterocycles. The van der Waals surface area contributed by atoms with Crippen molar-refractivity contribution in [3.8, 4) is 0 Å². The number of pyridine rings is 1. The van der Waals surface area contributed by atoms with Gasteiger partial charge in [0.1, 0.15) is 16.2 Å². The Morgan fingerprint density at radius 2 is 2.11 bits per heavy atom. The molecule has 0 aliphatic carbocycles. The summed E-state index contributed by atoms with van der Waals surface area (Å²) in [6.07, 6.45) is 0.848. The Hall–Kier alpha value is -1.42. The van der Waals surface area contributed by atoms with Crippen molar-refractivity contribution in [2.75, 3.05) is 11.9 Å². The van der Waals surface area contributed by atoms with E-state index in [0.717, 1.165) is 34.5 Å². The number of nitrogens with zero attached hydrogens (tertiary/aromatic N) is 1. The first-order valence-electron chi connectivity index (χ1n) is 5.76. The van der Waals surface area contributed by atoms with E-state index in [4.69, 9.17) is 0 Å². The molecule has 2 rings (SSSR count). The highest BCUT2D eigenvalue weighted by Crippen LogP contribution is 2.12. The number of hydrogen-bond acceptors (Lipinski definition) is 2. The van der Waals surface area contributed by atoms with Gasteiger partial charge in [0.2, 0.25) is 0 Å². The first kappa shape index (κ1) is 13.0. The van der Waals surface area contributed by atoms with E-state index in [0.29, 0.717) is 0 Å². The molecule has 0 saturated carbocycles. The van der Waals surface area contributed by atoms with Gasteiger partial charge in [0.05, 0.1) is 0 Å². The molecule has 1 aromatic heterocycles. The average Bonchev–Trinajstić information content (AvgIpc) is 2.32. The van der Waals surface area contributed by atoms with Gasteiger partial charge >= 0.3 is 0 Å². The van der Waals surface area contributed by atoms with Gasteiger partial charge < -0.3 is 5.32 Å². The third kappa shape index (κ3) is 3.53. The predicted molar refractivity (Wildman–Crippen MR) is 75.3 cm³/mol. The number of nitrogens with one attached hydrogen (secondary N) is 1. The zero-order chi connectivity index (χ0) is 13.0. The van der Waals surface area contributed by atoms with Crippen molar-refractivity contribution in [1.29, 1.82) is 0 Å². The standard InChI is InChI=1S/C14H14BrFN2/c1-10-9-12(16)6-5-11(10)7-8-17-14-4-2-3-13(15)18-14/h2-6,9H,7-8H2,1H3,(H,17,18). The number of hydrogen-bond donors (Lipinski definition) is 1. The smallest absolute Gasteiger partial charge is 0.127 e. The van der Waals surface area contributed by atoms with E-state index in [9.17, 15) is 4.39 Å². The van der Waals surface area contributed by atoms with Gasteiger partial charge in [0, 0.05) is 6.54 Å². The molecular weight excluding hydrogens is 295 g/mol. The Bertz CT molecular complexity index is 543. The SMILES string of the molecule is Cc1cc(F)ccc1CCNc1cccc(Br)n1. The number of rotatable bonds is 4. The summed E-state index contributed by atoms with van der Waals surface area (Å²) < 4.78 is 13.8. The monoisotopic (exact) mass is 308 g/mol. The highest BCUT2D eigenvalue weighted by molar-refractivity contribution is 9.10. The fourth-order valence-corrected chi connectivity index (χ4v) is 2.12. The molecule has 0 atom stereocenters. The first-order valence-corrected chi connectivity index (χ1v) is 6.56. The van der Waals surface area contributed by atoms with Gasteiger partial charge in [-0.05, 0) is 64.7 Å². The fraction of sp³-hybridized carbons (Fsp3) is 0.214. The average molecular weight is 309 g/mol. The zero-order valence-electron chi connectivity index (χ0n) is 10.1. The molecular formula is C14H14BrFN2. The quantitative estimate of drug-likeness (QED) is 0.865. The summed E-state index contributed by atoms with van der Waals surface area (Å²) in [5, 5.41) is 3.24. The minimum Gasteiger partial charge on any atom is -0.370 e. The summed E-state index contributed by atoms with van der Waals surface area (Å²) in [5.74, 6) is 0.655. The summed E-state index contributed by atoms with van der Waals surface area (Å²) in [6, 6.07) is 10.6. The third-order valence-electron chi connectivity index (χ3n) is 2.72. The van der Waals surface area contributed by atoms with E-state index in [1.54, 1.807) is 6.07 Å². The van der Waals surface area contributed by atoms with E-state index in [1.165, 1.54) is 6.07 Å². The van der Waals surface area contributed by atoms with E-state index >= 15 is 0 Å². The van der Waals surface area contributed by atoms with Crippen LogP contribution in [0.2, 0.25) is 0 Å². The lowest BCUT2D eigenvalue weighted by Gasteiger charge is -2.08. The summed E-state index contributed by atoms with van der Waals surface area (Å²) in [5.41, 5.74) is 2.14. The Balaban J connectivity index is 1.92. The molecule has 1 N–H and O–H groups in total. The van der Waals surface area contributed by atoms with Gasteiger partial charge in [0.15, 0.2) is 0 Å². The highest BCUT2D eigenvalue weighted by Gasteiger charge is 2.00. The summed E-state index contributed by atoms with van der Waals surface area (Å²) in [4.78, 5) is 4.29. The molecule has 2 aromatic rings. The van der Waals surface area contributed by atoms with Crippen LogP contribution in [0.1, 0.15) is 11.1 Å². The highest BCUT2D eigenvalue weighted by atomic mass is 79.9. The molecule has 0 aliphatic rings. The number of halogens is 2. The molecule has 2 nitrogen and oxygen atoms in total. The minimum absolute atomic E-state index is 0.183. The van der Waals surface area contributed by atoms with Crippen molar-refractivity contribution >= 4 is 21.7 Å². The van der Waals surface area contributed by atoms with Gasteiger partial charge in [0.25, 0.3) is 0 Å². The van der Waals surface area contributed by atoms with Crippen LogP contribution in [-0.2, 0) is 6.42 Å². The largest absolute Gasteiger partial charge is 0.370 e. The topological polar surface area (TPSA) is 24.9 Å². The normalized spacial score (nSPS) is 10.4. The summed E-state index contributed by atoms with van der Waals surface area (Å²) in [6.45, 7) is 2.70. The molecule has 0 unspecified atom stereocenters. The van der Waals surface area contributed by atoms with Crippen LogP contribution in [0, 0.1) is 12.7 Å². The third-order valence-corrected chi connectivity index (χ3v) is 3.16. The zero-order valence-corrected chi connectivity index (χ0v) is 11.7.